The lowest BCUT2D eigenvalue weighted by Crippen LogP contribution is -2.60. The highest BCUT2D eigenvalue weighted by atomic mass is 16.7. The highest BCUT2D eigenvalue weighted by Crippen LogP contribution is 2.29. The van der Waals surface area contributed by atoms with Crippen molar-refractivity contribution in [1.29, 1.82) is 0 Å². The van der Waals surface area contributed by atoms with Crippen LogP contribution in [0.5, 0.6) is 11.5 Å². The minimum absolute atomic E-state index is 0.100. The molecule has 0 radical (unpaired) electrons. The number of aliphatic hydroxyl groups excluding tert-OH is 4. The number of hydrogen-bond acceptors (Lipinski definition) is 9. The molecule has 3 rings (SSSR count). The van der Waals surface area contributed by atoms with E-state index in [9.17, 15) is 30.3 Å². The first kappa shape index (κ1) is 21.0. The molecule has 0 amide bonds. The summed E-state index contributed by atoms with van der Waals surface area (Å²) in [4.78, 5) is 12.1. The minimum atomic E-state index is -1.60. The predicted octanol–water partition coefficient (Wildman–Crippen LogP) is -0.0721. The Hall–Kier alpha value is -2.69. The second-order valence-electron chi connectivity index (χ2n) is 6.55. The molecule has 1 fully saturated rings. The average Bonchev–Trinajstić information content (AvgIpc) is 2.74. The number of carbonyl (C=O) groups excluding carboxylic acids is 1. The summed E-state index contributed by atoms with van der Waals surface area (Å²) in [7, 11) is 0. The van der Waals surface area contributed by atoms with E-state index in [4.69, 9.17) is 14.2 Å². The van der Waals surface area contributed by atoms with E-state index in [0.717, 1.165) is 0 Å². The third-order valence-electron chi connectivity index (χ3n) is 4.50. The number of esters is 1. The maximum Gasteiger partial charge on any atom is 0.338 e. The van der Waals surface area contributed by atoms with E-state index in [-0.39, 0.29) is 23.7 Å². The van der Waals surface area contributed by atoms with Crippen molar-refractivity contribution in [3.05, 3.63) is 59.7 Å². The van der Waals surface area contributed by atoms with Crippen LogP contribution < -0.4 is 4.74 Å². The fourth-order valence-electron chi connectivity index (χ4n) is 2.88. The number of carbonyl (C=O) groups is 1. The van der Waals surface area contributed by atoms with Crippen molar-refractivity contribution in [3.63, 3.8) is 0 Å². The Morgan fingerprint density at radius 1 is 1.00 bits per heavy atom. The zero-order chi connectivity index (χ0) is 21.0. The Labute approximate surface area is 166 Å². The van der Waals surface area contributed by atoms with Gasteiger partial charge in [0.25, 0.3) is 0 Å². The molecule has 0 spiro atoms. The normalized spacial score (nSPS) is 26.7. The van der Waals surface area contributed by atoms with E-state index in [1.54, 1.807) is 30.3 Å². The monoisotopic (exact) mass is 406 g/mol. The lowest BCUT2D eigenvalue weighted by molar-refractivity contribution is -0.277. The van der Waals surface area contributed by atoms with E-state index in [2.05, 4.69) is 0 Å². The maximum atomic E-state index is 12.1. The second kappa shape index (κ2) is 9.21. The van der Waals surface area contributed by atoms with E-state index in [1.807, 2.05) is 0 Å². The first-order valence-electron chi connectivity index (χ1n) is 8.92. The molecule has 5 atom stereocenters. The average molecular weight is 406 g/mol. The van der Waals surface area contributed by atoms with Crippen LogP contribution in [0.4, 0.5) is 0 Å². The van der Waals surface area contributed by atoms with Crippen LogP contribution in [0.3, 0.4) is 0 Å². The second-order valence-corrected chi connectivity index (χ2v) is 6.55. The topological polar surface area (TPSA) is 146 Å². The van der Waals surface area contributed by atoms with Gasteiger partial charge in [0, 0.05) is 5.56 Å². The number of phenolic OH excluding ortho intramolecular Hbond substituents is 1. The van der Waals surface area contributed by atoms with Gasteiger partial charge in [-0.25, -0.2) is 4.79 Å². The Kier molecular flexibility index (Phi) is 6.68. The predicted molar refractivity (Wildman–Crippen MR) is 98.1 cm³/mol. The molecule has 5 N–H and O–H groups in total. The number of aromatic hydroxyl groups is 1. The van der Waals surface area contributed by atoms with Crippen LogP contribution in [0.25, 0.3) is 0 Å². The number of benzene rings is 2. The first-order chi connectivity index (χ1) is 13.9. The van der Waals surface area contributed by atoms with Gasteiger partial charge in [-0.3, -0.25) is 0 Å². The minimum Gasteiger partial charge on any atom is -0.508 e. The van der Waals surface area contributed by atoms with Gasteiger partial charge in [-0.2, -0.15) is 0 Å². The first-order valence-corrected chi connectivity index (χ1v) is 8.92. The summed E-state index contributed by atoms with van der Waals surface area (Å²) in [5, 5.41) is 48.9. The fourth-order valence-corrected chi connectivity index (χ4v) is 2.88. The third-order valence-corrected chi connectivity index (χ3v) is 4.50. The van der Waals surface area contributed by atoms with E-state index < -0.39 is 43.3 Å². The summed E-state index contributed by atoms with van der Waals surface area (Å²) in [6, 6.07) is 12.4. The molecule has 9 nitrogen and oxygen atoms in total. The molecule has 0 saturated carbocycles. The van der Waals surface area contributed by atoms with E-state index in [0.29, 0.717) is 5.56 Å². The van der Waals surface area contributed by atoms with Gasteiger partial charge in [-0.05, 0) is 30.3 Å². The summed E-state index contributed by atoms with van der Waals surface area (Å²) in [6.07, 6.45) is -7.24. The zero-order valence-corrected chi connectivity index (χ0v) is 15.3. The molecule has 0 bridgehead atoms. The molecule has 29 heavy (non-hydrogen) atoms. The molecule has 1 aliphatic heterocycles. The number of phenols is 1. The van der Waals surface area contributed by atoms with Crippen LogP contribution in [0.1, 0.15) is 15.9 Å². The molecule has 9 heteroatoms. The summed E-state index contributed by atoms with van der Waals surface area (Å²) in [6.45, 7) is -0.836. The van der Waals surface area contributed by atoms with Gasteiger partial charge in [0.2, 0.25) is 6.29 Å². The van der Waals surface area contributed by atoms with Crippen molar-refractivity contribution in [2.45, 2.75) is 37.3 Å². The van der Waals surface area contributed by atoms with Crippen molar-refractivity contribution in [2.75, 3.05) is 6.61 Å². The van der Waals surface area contributed by atoms with E-state index in [1.165, 1.54) is 18.2 Å². The van der Waals surface area contributed by atoms with E-state index >= 15 is 0 Å². The van der Waals surface area contributed by atoms with Crippen LogP contribution in [-0.2, 0) is 16.1 Å². The van der Waals surface area contributed by atoms with Crippen molar-refractivity contribution >= 4 is 5.97 Å². The SMILES string of the molecule is O=C(OCc1cc(O)ccc1O[C@H]1O[C@H](CO)[C@@H](O)[C@H](O)[C@H]1O)c1ccccc1. The van der Waals surface area contributed by atoms with Gasteiger partial charge >= 0.3 is 5.97 Å². The molecule has 0 aliphatic carbocycles. The number of rotatable bonds is 6. The van der Waals surface area contributed by atoms with Crippen molar-refractivity contribution in [2.24, 2.45) is 0 Å². The summed E-state index contributed by atoms with van der Waals surface area (Å²) >= 11 is 0. The molecule has 0 unspecified atom stereocenters. The van der Waals surface area contributed by atoms with Gasteiger partial charge in [0.05, 0.1) is 12.2 Å². The standard InChI is InChI=1S/C20H22O9/c21-9-15-16(23)17(24)18(25)20(29-15)28-14-7-6-13(22)8-12(14)10-27-19(26)11-4-2-1-3-5-11/h1-8,15-18,20-25H,9-10H2/t15-,16-,17+,18-,20+/m1/s1. The van der Waals surface area contributed by atoms with Crippen LogP contribution in [-0.4, -0.2) is 68.8 Å². The van der Waals surface area contributed by atoms with Gasteiger partial charge in [0.1, 0.15) is 42.5 Å². The molecular weight excluding hydrogens is 384 g/mol. The maximum absolute atomic E-state index is 12.1. The zero-order valence-electron chi connectivity index (χ0n) is 15.3. The van der Waals surface area contributed by atoms with Crippen LogP contribution in [0.2, 0.25) is 0 Å². The lowest BCUT2D eigenvalue weighted by atomic mass is 9.99. The molecule has 156 valence electrons. The smallest absolute Gasteiger partial charge is 0.338 e. The van der Waals surface area contributed by atoms with Gasteiger partial charge in [-0.15, -0.1) is 0 Å². The third kappa shape index (κ3) is 4.84. The van der Waals surface area contributed by atoms with Gasteiger partial charge in [-0.1, -0.05) is 18.2 Å². The molecule has 0 aromatic heterocycles. The number of aliphatic hydroxyl groups is 4. The Morgan fingerprint density at radius 2 is 1.72 bits per heavy atom. The number of hydrogen-bond donors (Lipinski definition) is 5. The van der Waals surface area contributed by atoms with Crippen LogP contribution >= 0.6 is 0 Å². The van der Waals surface area contributed by atoms with Gasteiger partial charge in [0.15, 0.2) is 0 Å². The van der Waals surface area contributed by atoms with Crippen LogP contribution in [0.15, 0.2) is 48.5 Å². The quantitative estimate of drug-likeness (QED) is 0.416. The Morgan fingerprint density at radius 3 is 2.41 bits per heavy atom. The molecular formula is C20H22O9. The summed E-state index contributed by atoms with van der Waals surface area (Å²) < 4.78 is 16.1. The summed E-state index contributed by atoms with van der Waals surface area (Å²) in [5.74, 6) is -0.558. The molecule has 2 aromatic rings. The largest absolute Gasteiger partial charge is 0.508 e. The Balaban J connectivity index is 1.74. The molecule has 2 aromatic carbocycles. The Bertz CT molecular complexity index is 824. The highest BCUT2D eigenvalue weighted by molar-refractivity contribution is 5.89. The molecule has 1 heterocycles. The lowest BCUT2D eigenvalue weighted by Gasteiger charge is -2.39. The van der Waals surface area contributed by atoms with Crippen LogP contribution in [0, 0.1) is 0 Å². The number of ether oxygens (including phenoxy) is 3. The van der Waals surface area contributed by atoms with Gasteiger partial charge < -0.3 is 39.7 Å². The van der Waals surface area contributed by atoms with Crippen molar-refractivity contribution < 1.29 is 44.5 Å². The summed E-state index contributed by atoms with van der Waals surface area (Å²) in [5.41, 5.74) is 0.635. The fraction of sp³-hybridized carbons (Fsp3) is 0.350. The van der Waals surface area contributed by atoms with Crippen molar-refractivity contribution in [3.8, 4) is 11.5 Å². The van der Waals surface area contributed by atoms with Crippen molar-refractivity contribution in [1.82, 2.24) is 0 Å². The molecule has 1 saturated heterocycles. The highest BCUT2D eigenvalue weighted by Gasteiger charge is 2.44. The molecule has 1 aliphatic rings.